The van der Waals surface area contributed by atoms with Gasteiger partial charge in [0.25, 0.3) is 5.91 Å². The van der Waals surface area contributed by atoms with Crippen LogP contribution in [0.25, 0.3) is 33.3 Å². The summed E-state index contributed by atoms with van der Waals surface area (Å²) in [5.41, 5.74) is 10.4. The van der Waals surface area contributed by atoms with Crippen molar-refractivity contribution in [2.24, 2.45) is 11.3 Å². The molecule has 362 valence electrons. The highest BCUT2D eigenvalue weighted by Gasteiger charge is 2.44. The zero-order valence-corrected chi connectivity index (χ0v) is 40.5. The first-order chi connectivity index (χ1) is 32.6. The number of rotatable bonds is 9. The number of esters is 1. The van der Waals surface area contributed by atoms with Crippen LogP contribution >= 0.6 is 0 Å². The number of nitrogens with one attached hydrogen (secondary N) is 2. The van der Waals surface area contributed by atoms with E-state index in [-0.39, 0.29) is 50.7 Å². The maximum absolute atomic E-state index is 14.8. The van der Waals surface area contributed by atoms with Crippen LogP contribution in [0, 0.1) is 11.3 Å². The average molecular weight is 931 g/mol. The summed E-state index contributed by atoms with van der Waals surface area (Å²) in [6, 6.07) is 15.1. The summed E-state index contributed by atoms with van der Waals surface area (Å²) in [6.45, 7) is 17.8. The second-order valence-corrected chi connectivity index (χ2v) is 19.6. The van der Waals surface area contributed by atoms with Crippen molar-refractivity contribution >= 4 is 40.6 Å². The maximum atomic E-state index is 14.8. The van der Waals surface area contributed by atoms with Crippen LogP contribution < -0.4 is 10.7 Å². The smallest absolute Gasteiger partial charge is 0.337 e. The van der Waals surface area contributed by atoms with Gasteiger partial charge < -0.3 is 29.0 Å². The number of carbonyl (C=O) groups excluding carboxylic acids is 5. The minimum absolute atomic E-state index is 0.110. The van der Waals surface area contributed by atoms with Crippen LogP contribution in [0.4, 0.5) is 4.79 Å². The van der Waals surface area contributed by atoms with E-state index in [9.17, 15) is 24.0 Å². The summed E-state index contributed by atoms with van der Waals surface area (Å²) in [7, 11) is 1.69. The van der Waals surface area contributed by atoms with Crippen molar-refractivity contribution in [2.45, 2.75) is 110 Å². The lowest BCUT2D eigenvalue weighted by Gasteiger charge is -2.46. The molecule has 2 aromatic heterocycles. The quantitative estimate of drug-likeness (QED) is 0.112. The highest BCUT2D eigenvalue weighted by Crippen LogP contribution is 2.42. The zero-order valence-electron chi connectivity index (χ0n) is 40.5. The predicted molar refractivity (Wildman–Crippen MR) is 257 cm³/mol. The summed E-state index contributed by atoms with van der Waals surface area (Å²) in [6.07, 6.45) is 4.89. The number of aryl methyl sites for hydroxylation is 1. The van der Waals surface area contributed by atoms with E-state index in [1.165, 1.54) is 21.1 Å². The maximum Gasteiger partial charge on any atom is 0.337 e. The van der Waals surface area contributed by atoms with Crippen LogP contribution in [0.1, 0.15) is 83.7 Å². The van der Waals surface area contributed by atoms with Gasteiger partial charge in [0, 0.05) is 73.8 Å². The van der Waals surface area contributed by atoms with E-state index >= 15 is 0 Å². The van der Waals surface area contributed by atoms with Gasteiger partial charge in [-0.05, 0) is 106 Å². The molecule has 4 aliphatic heterocycles. The number of amides is 5. The normalized spacial score (nSPS) is 21.4. The Hall–Kier alpha value is -6.10. The largest absolute Gasteiger partial charge is 0.464 e. The fourth-order valence-corrected chi connectivity index (χ4v) is 10.1. The molecule has 8 rings (SSSR count). The van der Waals surface area contributed by atoms with E-state index in [4.69, 9.17) is 19.2 Å². The van der Waals surface area contributed by atoms with Gasteiger partial charge in [-0.3, -0.25) is 29.2 Å². The first-order valence-corrected chi connectivity index (χ1v) is 24.0. The molecule has 5 amide bonds. The molecule has 0 spiro atoms. The molecule has 68 heavy (non-hydrogen) atoms. The number of urea groups is 1. The van der Waals surface area contributed by atoms with Gasteiger partial charge in [-0.1, -0.05) is 50.8 Å². The van der Waals surface area contributed by atoms with Crippen LogP contribution in [0.3, 0.4) is 0 Å². The van der Waals surface area contributed by atoms with Crippen molar-refractivity contribution in [3.63, 3.8) is 0 Å². The molecule has 0 radical (unpaired) electrons. The molecule has 4 atom stereocenters. The molecule has 6 bridgehead atoms. The third kappa shape index (κ3) is 9.76. The van der Waals surface area contributed by atoms with E-state index in [0.717, 1.165) is 50.1 Å². The van der Waals surface area contributed by atoms with Crippen LogP contribution in [0.2, 0.25) is 0 Å². The first-order valence-electron chi connectivity index (χ1n) is 24.0. The Morgan fingerprint density at radius 3 is 2.53 bits per heavy atom. The number of cyclic esters (lactones) is 1. The van der Waals surface area contributed by atoms with Crippen molar-refractivity contribution in [2.75, 3.05) is 46.6 Å². The van der Waals surface area contributed by atoms with Crippen molar-refractivity contribution in [3.05, 3.63) is 90.3 Å². The van der Waals surface area contributed by atoms with Crippen molar-refractivity contribution in [3.8, 4) is 22.4 Å². The van der Waals surface area contributed by atoms with Crippen LogP contribution in [-0.4, -0.2) is 130 Å². The van der Waals surface area contributed by atoms with E-state index in [0.29, 0.717) is 45.3 Å². The van der Waals surface area contributed by atoms with Gasteiger partial charge in [-0.15, -0.1) is 0 Å². The minimum atomic E-state index is -1.11. The molecule has 6 heterocycles. The highest BCUT2D eigenvalue weighted by molar-refractivity contribution is 5.96. The Kier molecular flexibility index (Phi) is 14.4. The summed E-state index contributed by atoms with van der Waals surface area (Å²) >= 11 is 0. The predicted octanol–water partition coefficient (Wildman–Crippen LogP) is 6.23. The third-order valence-electron chi connectivity index (χ3n) is 13.8. The zero-order chi connectivity index (χ0) is 48.4. The molecular weight excluding hydrogens is 865 g/mol. The second kappa shape index (κ2) is 20.2. The van der Waals surface area contributed by atoms with Crippen molar-refractivity contribution < 1.29 is 38.2 Å². The van der Waals surface area contributed by atoms with Gasteiger partial charge in [0.05, 0.1) is 43.2 Å². The Labute approximate surface area is 398 Å². The van der Waals surface area contributed by atoms with Crippen molar-refractivity contribution in [1.82, 2.24) is 40.2 Å². The first kappa shape index (κ1) is 48.4. The molecule has 0 aliphatic carbocycles. The fourth-order valence-electron chi connectivity index (χ4n) is 10.1. The molecule has 16 heteroatoms. The number of methoxy groups -OCH3 is 1. The number of likely N-dealkylation sites (tertiary alicyclic amines) is 1. The highest BCUT2D eigenvalue weighted by atomic mass is 16.5. The lowest BCUT2D eigenvalue weighted by atomic mass is 9.84. The summed E-state index contributed by atoms with van der Waals surface area (Å²) in [5, 5.41) is 8.41. The van der Waals surface area contributed by atoms with E-state index < -0.39 is 53.4 Å². The SMILES string of the molecule is C=CC(=O)N1CC[C@H](C(=O)N(C2COC2)N(C(=O)N[C@H]2Cc3cccc(c3)-c3ccc4c(c3)c(c(-c3cccnc3[C@H](C)OC)n4CC)CC(C)(C)COC(=O)[C@@H]3CCCN(N3)C2=O)C(C)C)C1. The molecule has 0 saturated carbocycles. The van der Waals surface area contributed by atoms with Gasteiger partial charge in [0.1, 0.15) is 18.1 Å². The molecule has 4 aliphatic rings. The second-order valence-electron chi connectivity index (χ2n) is 19.6. The number of benzene rings is 2. The van der Waals surface area contributed by atoms with Gasteiger partial charge in [-0.25, -0.2) is 20.2 Å². The number of aromatic nitrogens is 2. The number of pyridine rings is 1. The molecule has 16 nitrogen and oxygen atoms in total. The number of ether oxygens (including phenoxy) is 3. The fraction of sp³-hybridized carbons (Fsp3) is 0.500. The number of carbonyl (C=O) groups is 5. The van der Waals surface area contributed by atoms with Gasteiger partial charge in [0.2, 0.25) is 11.8 Å². The van der Waals surface area contributed by atoms with E-state index in [1.54, 1.807) is 18.2 Å². The molecule has 4 aromatic rings. The Morgan fingerprint density at radius 1 is 1.04 bits per heavy atom. The standard InChI is InChI=1S/C52H66N8O8/c1-9-45(61)56-23-20-37(28-56)48(62)60(38-29-67-30-38)59(32(3)4)51(65)54-43-25-34-14-11-15-35(24-34)36-18-19-44-40(26-36)41(47(57(44)10-2)39-16-12-21-53-46(39)33(5)66-8)27-52(6,7)31-68-50(64)42-17-13-22-58(55-42)49(43)63/h9,11-12,14-16,18-19,21,24,26,32-33,37-38,42-43,55H,1,10,13,17,20,22-23,25,27-31H2,2-8H3,(H,54,65)/t33-,37-,42-,43-/m0/s1. The van der Waals surface area contributed by atoms with Gasteiger partial charge >= 0.3 is 12.0 Å². The Bertz CT molecular complexity index is 2570. The molecule has 3 saturated heterocycles. The monoisotopic (exact) mass is 931 g/mol. The van der Waals surface area contributed by atoms with E-state index in [1.807, 2.05) is 45.0 Å². The lowest BCUT2D eigenvalue weighted by molar-refractivity contribution is -0.179. The van der Waals surface area contributed by atoms with Gasteiger partial charge in [-0.2, -0.15) is 0 Å². The number of fused-ring (bicyclic) bond motifs is 6. The number of hydrogen-bond donors (Lipinski definition) is 2. The molecular formula is C52H66N8O8. The molecule has 2 N–H and O–H groups in total. The average Bonchev–Trinajstić information content (AvgIpc) is 3.94. The van der Waals surface area contributed by atoms with Gasteiger partial charge in [0.15, 0.2) is 0 Å². The summed E-state index contributed by atoms with van der Waals surface area (Å²) in [4.78, 5) is 77.0. The number of hydrazine groups is 2. The summed E-state index contributed by atoms with van der Waals surface area (Å²) < 4.78 is 19.8. The van der Waals surface area contributed by atoms with Crippen LogP contribution in [0.15, 0.2) is 73.4 Å². The molecule has 0 unspecified atom stereocenters. The number of nitrogens with zero attached hydrogens (tertiary/aromatic N) is 6. The van der Waals surface area contributed by atoms with Crippen LogP contribution in [-0.2, 0) is 52.8 Å². The lowest BCUT2D eigenvalue weighted by Crippen LogP contribution is -2.67. The van der Waals surface area contributed by atoms with Crippen molar-refractivity contribution in [1.29, 1.82) is 0 Å². The summed E-state index contributed by atoms with van der Waals surface area (Å²) in [5.74, 6) is -1.97. The molecule has 2 aromatic carbocycles. The Balaban J connectivity index is 1.19. The topological polar surface area (TPSA) is 168 Å². The number of hydrogen-bond acceptors (Lipinski definition) is 10. The van der Waals surface area contributed by atoms with Crippen LogP contribution in [0.5, 0.6) is 0 Å². The Morgan fingerprint density at radius 2 is 1.82 bits per heavy atom. The minimum Gasteiger partial charge on any atom is -0.464 e. The third-order valence-corrected chi connectivity index (χ3v) is 13.8. The van der Waals surface area contributed by atoms with E-state index in [2.05, 4.69) is 73.0 Å². The molecule has 3 fully saturated rings.